The first-order chi connectivity index (χ1) is 7.75. The average Bonchev–Trinajstić information content (AvgIpc) is 2.84. The number of nitrogens with one attached hydrogen (secondary N) is 1. The van der Waals surface area contributed by atoms with E-state index in [1.165, 1.54) is 6.33 Å². The highest BCUT2D eigenvalue weighted by Gasteiger charge is 2.20. The maximum atomic E-state index is 11.5. The fourth-order valence-corrected chi connectivity index (χ4v) is 2.12. The van der Waals surface area contributed by atoms with Crippen LogP contribution in [0.2, 0.25) is 0 Å². The standard InChI is InChI=1S/C11H11N3O2/c15-8-2-1-7(5-8)14-4-3-9-10(14)12-6-13-11(9)16/h1-4,6-8,15H,5H2,(H,12,13,16)/t7-,8+/m0/s1. The second kappa shape index (κ2) is 3.31. The van der Waals surface area contributed by atoms with Crippen molar-refractivity contribution < 1.29 is 5.11 Å². The summed E-state index contributed by atoms with van der Waals surface area (Å²) in [5.74, 6) is 0. The first kappa shape index (κ1) is 9.35. The van der Waals surface area contributed by atoms with Crippen LogP contribution in [-0.4, -0.2) is 25.7 Å². The molecule has 0 aliphatic heterocycles. The Morgan fingerprint density at radius 1 is 1.50 bits per heavy atom. The number of allylic oxidation sites excluding steroid dienone is 1. The summed E-state index contributed by atoms with van der Waals surface area (Å²) >= 11 is 0. The highest BCUT2D eigenvalue weighted by Crippen LogP contribution is 2.25. The molecule has 2 atom stereocenters. The van der Waals surface area contributed by atoms with Gasteiger partial charge in [-0.1, -0.05) is 12.2 Å². The minimum absolute atomic E-state index is 0.0850. The lowest BCUT2D eigenvalue weighted by molar-refractivity contribution is 0.211. The summed E-state index contributed by atoms with van der Waals surface area (Å²) in [6.07, 6.45) is 7.18. The van der Waals surface area contributed by atoms with Crippen molar-refractivity contribution in [2.75, 3.05) is 0 Å². The molecule has 1 aliphatic rings. The Bertz CT molecular complexity index is 611. The predicted molar refractivity (Wildman–Crippen MR) is 59.2 cm³/mol. The first-order valence-corrected chi connectivity index (χ1v) is 5.16. The van der Waals surface area contributed by atoms with Crippen molar-refractivity contribution in [1.82, 2.24) is 14.5 Å². The predicted octanol–water partition coefficient (Wildman–Crippen LogP) is 0.586. The van der Waals surface area contributed by atoms with Crippen molar-refractivity contribution in [3.8, 4) is 0 Å². The van der Waals surface area contributed by atoms with Gasteiger partial charge in [-0.2, -0.15) is 0 Å². The van der Waals surface area contributed by atoms with E-state index in [9.17, 15) is 9.90 Å². The zero-order valence-electron chi connectivity index (χ0n) is 8.50. The third kappa shape index (κ3) is 1.29. The quantitative estimate of drug-likeness (QED) is 0.687. The van der Waals surface area contributed by atoms with Gasteiger partial charge in [-0.15, -0.1) is 0 Å². The molecule has 5 nitrogen and oxygen atoms in total. The lowest BCUT2D eigenvalue weighted by atomic mass is 10.2. The van der Waals surface area contributed by atoms with Crippen molar-refractivity contribution in [3.63, 3.8) is 0 Å². The van der Waals surface area contributed by atoms with Crippen molar-refractivity contribution in [2.24, 2.45) is 0 Å². The maximum absolute atomic E-state index is 11.5. The van der Waals surface area contributed by atoms with Gasteiger partial charge < -0.3 is 14.7 Å². The van der Waals surface area contributed by atoms with E-state index >= 15 is 0 Å². The molecule has 0 saturated heterocycles. The molecule has 2 N–H and O–H groups in total. The van der Waals surface area contributed by atoms with E-state index in [1.54, 1.807) is 12.1 Å². The minimum Gasteiger partial charge on any atom is -0.389 e. The van der Waals surface area contributed by atoms with Crippen LogP contribution < -0.4 is 5.56 Å². The smallest absolute Gasteiger partial charge is 0.260 e. The van der Waals surface area contributed by atoms with Gasteiger partial charge in [0.2, 0.25) is 0 Å². The van der Waals surface area contributed by atoms with Crippen molar-refractivity contribution >= 4 is 11.0 Å². The second-order valence-electron chi connectivity index (χ2n) is 3.95. The fraction of sp³-hybridized carbons (Fsp3) is 0.273. The molecule has 0 radical (unpaired) electrons. The molecule has 0 amide bonds. The lowest BCUT2D eigenvalue weighted by Crippen LogP contribution is -2.10. The molecular formula is C11H11N3O2. The molecule has 0 bridgehead atoms. The number of aliphatic hydroxyl groups excluding tert-OH is 1. The monoisotopic (exact) mass is 217 g/mol. The number of rotatable bonds is 1. The Morgan fingerprint density at radius 3 is 3.12 bits per heavy atom. The molecule has 0 saturated carbocycles. The van der Waals surface area contributed by atoms with Crippen LogP contribution in [0.5, 0.6) is 0 Å². The van der Waals surface area contributed by atoms with Crippen molar-refractivity contribution in [2.45, 2.75) is 18.6 Å². The Hall–Kier alpha value is -1.88. The van der Waals surface area contributed by atoms with Crippen LogP contribution in [0.3, 0.4) is 0 Å². The normalized spacial score (nSPS) is 24.3. The Balaban J connectivity index is 2.15. The third-order valence-corrected chi connectivity index (χ3v) is 2.91. The molecule has 2 heterocycles. The van der Waals surface area contributed by atoms with E-state index in [2.05, 4.69) is 9.97 Å². The van der Waals surface area contributed by atoms with Crippen LogP contribution >= 0.6 is 0 Å². The highest BCUT2D eigenvalue weighted by molar-refractivity contribution is 5.74. The largest absolute Gasteiger partial charge is 0.389 e. The van der Waals surface area contributed by atoms with Gasteiger partial charge >= 0.3 is 0 Å². The number of aromatic nitrogens is 3. The van der Waals surface area contributed by atoms with Crippen molar-refractivity contribution in [3.05, 3.63) is 41.1 Å². The van der Waals surface area contributed by atoms with Gasteiger partial charge in [0.15, 0.2) is 0 Å². The summed E-state index contributed by atoms with van der Waals surface area (Å²) in [4.78, 5) is 18.2. The Labute approximate surface area is 91.1 Å². The minimum atomic E-state index is -0.399. The van der Waals surface area contributed by atoms with Gasteiger partial charge in [-0.25, -0.2) is 4.98 Å². The van der Waals surface area contributed by atoms with E-state index in [4.69, 9.17) is 0 Å². The molecule has 0 spiro atoms. The molecule has 0 fully saturated rings. The molecule has 82 valence electrons. The molecule has 16 heavy (non-hydrogen) atoms. The number of fused-ring (bicyclic) bond motifs is 1. The molecule has 2 aromatic heterocycles. The van der Waals surface area contributed by atoms with Crippen LogP contribution in [0.1, 0.15) is 12.5 Å². The van der Waals surface area contributed by atoms with Gasteiger partial charge in [-0.05, 0) is 6.07 Å². The first-order valence-electron chi connectivity index (χ1n) is 5.16. The van der Waals surface area contributed by atoms with Gasteiger partial charge in [0.05, 0.1) is 23.9 Å². The van der Waals surface area contributed by atoms with Gasteiger partial charge in [0, 0.05) is 12.6 Å². The Kier molecular flexibility index (Phi) is 1.94. The topological polar surface area (TPSA) is 70.9 Å². The summed E-state index contributed by atoms with van der Waals surface area (Å²) in [5, 5.41) is 10.0. The zero-order valence-corrected chi connectivity index (χ0v) is 8.50. The van der Waals surface area contributed by atoms with Gasteiger partial charge in [0.1, 0.15) is 5.65 Å². The van der Waals surface area contributed by atoms with E-state index in [0.29, 0.717) is 17.5 Å². The summed E-state index contributed by atoms with van der Waals surface area (Å²) in [7, 11) is 0. The van der Waals surface area contributed by atoms with E-state index in [0.717, 1.165) is 0 Å². The number of hydrogen-bond donors (Lipinski definition) is 2. The summed E-state index contributed by atoms with van der Waals surface area (Å²) in [6.45, 7) is 0. The third-order valence-electron chi connectivity index (χ3n) is 2.91. The molecule has 0 aromatic carbocycles. The summed E-state index contributed by atoms with van der Waals surface area (Å²) in [5.41, 5.74) is 0.527. The molecular weight excluding hydrogens is 206 g/mol. The maximum Gasteiger partial charge on any atom is 0.260 e. The number of nitrogens with zero attached hydrogens (tertiary/aromatic N) is 2. The SMILES string of the molecule is O=c1[nH]cnc2c1ccn2[C@H]1C=C[C@@H](O)C1. The number of aliphatic hydroxyl groups is 1. The van der Waals surface area contributed by atoms with Crippen LogP contribution in [0.25, 0.3) is 11.0 Å². The second-order valence-corrected chi connectivity index (χ2v) is 3.95. The van der Waals surface area contributed by atoms with Crippen LogP contribution in [-0.2, 0) is 0 Å². The van der Waals surface area contributed by atoms with Crippen LogP contribution in [0, 0.1) is 0 Å². The van der Waals surface area contributed by atoms with Crippen molar-refractivity contribution in [1.29, 1.82) is 0 Å². The average molecular weight is 217 g/mol. The number of aromatic amines is 1. The van der Waals surface area contributed by atoms with Gasteiger partial charge in [-0.3, -0.25) is 4.79 Å². The Morgan fingerprint density at radius 2 is 2.38 bits per heavy atom. The fourth-order valence-electron chi connectivity index (χ4n) is 2.12. The molecule has 2 aromatic rings. The molecule has 3 rings (SSSR count). The highest BCUT2D eigenvalue weighted by atomic mass is 16.3. The van der Waals surface area contributed by atoms with E-state index < -0.39 is 6.10 Å². The van der Waals surface area contributed by atoms with E-state index in [-0.39, 0.29) is 11.6 Å². The van der Waals surface area contributed by atoms with E-state index in [1.807, 2.05) is 16.8 Å². The lowest BCUT2D eigenvalue weighted by Gasteiger charge is -2.11. The van der Waals surface area contributed by atoms with Crippen LogP contribution in [0.15, 0.2) is 35.5 Å². The summed E-state index contributed by atoms with van der Waals surface area (Å²) < 4.78 is 1.91. The molecule has 1 aliphatic carbocycles. The number of H-pyrrole nitrogens is 1. The van der Waals surface area contributed by atoms with Gasteiger partial charge in [0.25, 0.3) is 5.56 Å². The van der Waals surface area contributed by atoms with Crippen LogP contribution in [0.4, 0.5) is 0 Å². The zero-order chi connectivity index (χ0) is 11.1. The molecule has 5 heteroatoms. The summed E-state index contributed by atoms with van der Waals surface area (Å²) in [6, 6.07) is 1.83. The number of hydrogen-bond acceptors (Lipinski definition) is 3. The molecule has 0 unspecified atom stereocenters.